The highest BCUT2D eigenvalue weighted by Crippen LogP contribution is 2.28. The molecule has 0 aliphatic carbocycles. The van der Waals surface area contributed by atoms with Crippen LogP contribution in [-0.2, 0) is 4.74 Å². The molecule has 0 bridgehead atoms. The Bertz CT molecular complexity index is 451. The predicted octanol–water partition coefficient (Wildman–Crippen LogP) is 2.98. The van der Waals surface area contributed by atoms with E-state index >= 15 is 0 Å². The number of aliphatic hydroxyl groups excluding tert-OH is 1. The van der Waals surface area contributed by atoms with E-state index in [0.717, 1.165) is 0 Å². The van der Waals surface area contributed by atoms with Crippen molar-refractivity contribution in [1.29, 1.82) is 0 Å². The van der Waals surface area contributed by atoms with Gasteiger partial charge < -0.3 is 19.5 Å². The van der Waals surface area contributed by atoms with Gasteiger partial charge in [-0.3, -0.25) is 0 Å². The number of hydrogen-bond acceptors (Lipinski definition) is 4. The average Bonchev–Trinajstić information content (AvgIpc) is 2.43. The van der Waals surface area contributed by atoms with E-state index in [1.807, 2.05) is 39.8 Å². The smallest absolute Gasteiger partial charge is 0.410 e. The number of rotatable bonds is 6. The summed E-state index contributed by atoms with van der Waals surface area (Å²) in [5.41, 5.74) is 0.656. The van der Waals surface area contributed by atoms with Gasteiger partial charge >= 0.3 is 6.09 Å². The molecular formula is C16H25NO4. The first-order valence-electron chi connectivity index (χ1n) is 7.15. The predicted molar refractivity (Wildman–Crippen MR) is 81.4 cm³/mol. The van der Waals surface area contributed by atoms with Crippen molar-refractivity contribution in [3.05, 3.63) is 29.8 Å². The van der Waals surface area contributed by atoms with Crippen LogP contribution in [0.5, 0.6) is 5.75 Å². The number of methoxy groups -OCH3 is 1. The molecule has 1 aromatic rings. The lowest BCUT2D eigenvalue weighted by atomic mass is 10.1. The monoisotopic (exact) mass is 295 g/mol. The number of benzene rings is 1. The quantitative estimate of drug-likeness (QED) is 0.876. The van der Waals surface area contributed by atoms with E-state index in [1.165, 1.54) is 0 Å². The first-order valence-corrected chi connectivity index (χ1v) is 7.15. The molecule has 0 fully saturated rings. The van der Waals surface area contributed by atoms with Gasteiger partial charge in [0.15, 0.2) is 6.10 Å². The Labute approximate surface area is 126 Å². The lowest BCUT2D eigenvalue weighted by Gasteiger charge is -2.31. The first kappa shape index (κ1) is 17.3. The number of para-hydroxylation sites is 1. The molecule has 0 saturated heterocycles. The van der Waals surface area contributed by atoms with E-state index in [2.05, 4.69) is 0 Å². The van der Waals surface area contributed by atoms with Crippen LogP contribution in [0, 0.1) is 0 Å². The fourth-order valence-corrected chi connectivity index (χ4v) is 2.33. The van der Waals surface area contributed by atoms with Gasteiger partial charge in [0.05, 0.1) is 13.7 Å². The molecule has 1 aromatic carbocycles. The largest absolute Gasteiger partial charge is 0.496 e. The lowest BCUT2D eigenvalue weighted by Crippen LogP contribution is -2.43. The van der Waals surface area contributed by atoms with Crippen molar-refractivity contribution in [2.24, 2.45) is 0 Å². The van der Waals surface area contributed by atoms with Gasteiger partial charge in [0.2, 0.25) is 0 Å². The molecule has 0 aliphatic heterocycles. The summed E-state index contributed by atoms with van der Waals surface area (Å²) in [7, 11) is 1.55. The minimum Gasteiger partial charge on any atom is -0.496 e. The normalized spacial score (nSPS) is 12.4. The van der Waals surface area contributed by atoms with E-state index < -0.39 is 12.2 Å². The van der Waals surface area contributed by atoms with Crippen LogP contribution in [0.2, 0.25) is 0 Å². The maximum Gasteiger partial charge on any atom is 0.410 e. The summed E-state index contributed by atoms with van der Waals surface area (Å²) < 4.78 is 10.7. The minimum atomic E-state index is -0.742. The molecule has 0 spiro atoms. The van der Waals surface area contributed by atoms with Crippen LogP contribution >= 0.6 is 0 Å². The molecule has 0 heterocycles. The second-order valence-electron chi connectivity index (χ2n) is 5.39. The molecule has 0 radical (unpaired) electrons. The van der Waals surface area contributed by atoms with Gasteiger partial charge in [0, 0.05) is 17.6 Å². The third kappa shape index (κ3) is 4.36. The number of carbonyl (C=O) groups is 1. The summed E-state index contributed by atoms with van der Waals surface area (Å²) in [4.78, 5) is 14.0. The van der Waals surface area contributed by atoms with E-state index in [-0.39, 0.29) is 18.7 Å². The maximum absolute atomic E-state index is 12.3. The van der Waals surface area contributed by atoms with Crippen LogP contribution in [0.1, 0.15) is 39.4 Å². The highest BCUT2D eigenvalue weighted by Gasteiger charge is 2.26. The molecule has 0 saturated carbocycles. The number of aliphatic hydroxyl groups is 1. The van der Waals surface area contributed by atoms with Crippen LogP contribution in [0.4, 0.5) is 4.79 Å². The maximum atomic E-state index is 12.3. The number of ether oxygens (including phenoxy) is 2. The zero-order valence-electron chi connectivity index (χ0n) is 13.4. The van der Waals surface area contributed by atoms with Gasteiger partial charge in [-0.2, -0.15) is 0 Å². The van der Waals surface area contributed by atoms with Crippen molar-refractivity contribution in [1.82, 2.24) is 4.90 Å². The summed E-state index contributed by atoms with van der Waals surface area (Å²) in [6.45, 7) is 7.42. The minimum absolute atomic E-state index is 0.0227. The Morgan fingerprint density at radius 1 is 1.19 bits per heavy atom. The molecule has 1 amide bonds. The molecule has 1 N–H and O–H groups in total. The van der Waals surface area contributed by atoms with Crippen LogP contribution in [0.25, 0.3) is 0 Å². The molecule has 1 rings (SSSR count). The third-order valence-corrected chi connectivity index (χ3v) is 3.22. The van der Waals surface area contributed by atoms with E-state index in [1.54, 1.807) is 24.1 Å². The zero-order valence-corrected chi connectivity index (χ0v) is 13.4. The fourth-order valence-electron chi connectivity index (χ4n) is 2.33. The summed E-state index contributed by atoms with van der Waals surface area (Å²) in [5, 5.41) is 9.56. The van der Waals surface area contributed by atoms with Gasteiger partial charge in [-0.05, 0) is 33.8 Å². The molecule has 5 heteroatoms. The van der Waals surface area contributed by atoms with Gasteiger partial charge in [0.25, 0.3) is 0 Å². The fraction of sp³-hybridized carbons (Fsp3) is 0.562. The number of carbonyl (C=O) groups excluding carboxylic acids is 1. The molecule has 5 nitrogen and oxygen atoms in total. The van der Waals surface area contributed by atoms with Crippen LogP contribution < -0.4 is 4.74 Å². The first-order chi connectivity index (χ1) is 9.92. The van der Waals surface area contributed by atoms with Crippen molar-refractivity contribution >= 4 is 6.09 Å². The molecular weight excluding hydrogens is 270 g/mol. The summed E-state index contributed by atoms with van der Waals surface area (Å²) >= 11 is 0. The SMILES string of the molecule is COc1ccccc1C(CO)OC(=O)N(C(C)C)C(C)C. The van der Waals surface area contributed by atoms with Crippen LogP contribution in [-0.4, -0.2) is 41.9 Å². The van der Waals surface area contributed by atoms with Crippen LogP contribution in [0.3, 0.4) is 0 Å². The molecule has 1 unspecified atom stereocenters. The van der Waals surface area contributed by atoms with Crippen molar-refractivity contribution in [3.8, 4) is 5.75 Å². The standard InChI is InChI=1S/C16H25NO4/c1-11(2)17(12(3)4)16(19)21-15(10-18)13-8-6-7-9-14(13)20-5/h6-9,11-12,15,18H,10H2,1-5H3. The van der Waals surface area contributed by atoms with Crippen LogP contribution in [0.15, 0.2) is 24.3 Å². The van der Waals surface area contributed by atoms with Gasteiger partial charge in [-0.25, -0.2) is 4.79 Å². The second-order valence-corrected chi connectivity index (χ2v) is 5.39. The number of hydrogen-bond donors (Lipinski definition) is 1. The molecule has 21 heavy (non-hydrogen) atoms. The molecule has 0 aromatic heterocycles. The molecule has 0 aliphatic rings. The Morgan fingerprint density at radius 2 is 1.76 bits per heavy atom. The van der Waals surface area contributed by atoms with Crippen molar-refractivity contribution in [2.75, 3.05) is 13.7 Å². The lowest BCUT2D eigenvalue weighted by molar-refractivity contribution is 0.0192. The summed E-state index contributed by atoms with van der Waals surface area (Å²) in [6, 6.07) is 7.24. The molecule has 1 atom stereocenters. The Balaban J connectivity index is 2.94. The van der Waals surface area contributed by atoms with Gasteiger partial charge in [0.1, 0.15) is 5.75 Å². The van der Waals surface area contributed by atoms with E-state index in [0.29, 0.717) is 11.3 Å². The van der Waals surface area contributed by atoms with E-state index in [9.17, 15) is 9.90 Å². The van der Waals surface area contributed by atoms with Crippen molar-refractivity contribution < 1.29 is 19.4 Å². The topological polar surface area (TPSA) is 59.0 Å². The highest BCUT2D eigenvalue weighted by atomic mass is 16.6. The summed E-state index contributed by atoms with van der Waals surface area (Å²) in [6.07, 6.45) is -1.18. The Hall–Kier alpha value is -1.75. The second kappa shape index (κ2) is 7.88. The Kier molecular flexibility index (Phi) is 6.49. The highest BCUT2D eigenvalue weighted by molar-refractivity contribution is 5.68. The van der Waals surface area contributed by atoms with Gasteiger partial charge in [-0.15, -0.1) is 0 Å². The number of nitrogens with zero attached hydrogens (tertiary/aromatic N) is 1. The average molecular weight is 295 g/mol. The number of amides is 1. The van der Waals surface area contributed by atoms with Crippen molar-refractivity contribution in [3.63, 3.8) is 0 Å². The van der Waals surface area contributed by atoms with E-state index in [4.69, 9.17) is 9.47 Å². The summed E-state index contributed by atoms with van der Waals surface area (Å²) in [5.74, 6) is 0.588. The van der Waals surface area contributed by atoms with Gasteiger partial charge in [-0.1, -0.05) is 18.2 Å². The zero-order chi connectivity index (χ0) is 16.0. The Morgan fingerprint density at radius 3 is 2.24 bits per heavy atom. The van der Waals surface area contributed by atoms with Crippen molar-refractivity contribution in [2.45, 2.75) is 45.9 Å². The molecule has 118 valence electrons. The third-order valence-electron chi connectivity index (χ3n) is 3.22.